The fourth-order valence-electron chi connectivity index (χ4n) is 1.63. The number of aliphatic carboxylic acids is 1. The van der Waals surface area contributed by atoms with Crippen LogP contribution >= 0.6 is 0 Å². The number of rotatable bonds is 6. The lowest BCUT2D eigenvalue weighted by Crippen LogP contribution is -2.33. The topological polar surface area (TPSA) is 95.9 Å². The van der Waals surface area contributed by atoms with Gasteiger partial charge in [-0.1, -0.05) is 18.2 Å². The summed E-state index contributed by atoms with van der Waals surface area (Å²) in [5, 5.41) is 11.5. The van der Waals surface area contributed by atoms with Gasteiger partial charge in [0.15, 0.2) is 0 Å². The van der Waals surface area contributed by atoms with Crippen molar-refractivity contribution in [3.05, 3.63) is 29.8 Å². The number of benzene rings is 1. The molecule has 2 amide bonds. The molecule has 0 spiro atoms. The second-order valence-corrected chi connectivity index (χ2v) is 4.41. The van der Waals surface area contributed by atoms with E-state index in [1.54, 1.807) is 24.3 Å². The molecule has 0 aliphatic rings. The number of urea groups is 1. The summed E-state index contributed by atoms with van der Waals surface area (Å²) in [6, 6.07) is 6.25. The monoisotopic (exact) mass is 294 g/mol. The van der Waals surface area contributed by atoms with Gasteiger partial charge in [-0.25, -0.2) is 4.79 Å². The first-order valence-corrected chi connectivity index (χ1v) is 6.32. The lowest BCUT2D eigenvalue weighted by Gasteiger charge is -2.18. The highest BCUT2D eigenvalue weighted by molar-refractivity contribution is 5.91. The molecule has 1 aromatic carbocycles. The van der Waals surface area contributed by atoms with Crippen LogP contribution in [0, 0.1) is 0 Å². The van der Waals surface area contributed by atoms with Gasteiger partial charge in [0.05, 0.1) is 20.0 Å². The van der Waals surface area contributed by atoms with Crippen molar-refractivity contribution in [1.29, 1.82) is 0 Å². The molecule has 0 radical (unpaired) electrons. The van der Waals surface area contributed by atoms with Crippen LogP contribution in [0.4, 0.5) is 10.5 Å². The van der Waals surface area contributed by atoms with Gasteiger partial charge in [0.1, 0.15) is 0 Å². The quantitative estimate of drug-likeness (QED) is 0.772. The van der Waals surface area contributed by atoms with E-state index in [0.717, 1.165) is 0 Å². The van der Waals surface area contributed by atoms with Gasteiger partial charge in [-0.05, 0) is 11.6 Å². The summed E-state index contributed by atoms with van der Waals surface area (Å²) in [7, 11) is 2.82. The molecule has 0 unspecified atom stereocenters. The lowest BCUT2D eigenvalue weighted by atomic mass is 10.1. The minimum absolute atomic E-state index is 0.0944. The van der Waals surface area contributed by atoms with E-state index in [1.807, 2.05) is 0 Å². The Bertz CT molecular complexity index is 530. The molecule has 0 bridgehead atoms. The van der Waals surface area contributed by atoms with Crippen LogP contribution in [0.25, 0.3) is 0 Å². The smallest absolute Gasteiger partial charge is 0.321 e. The summed E-state index contributed by atoms with van der Waals surface area (Å²) in [4.78, 5) is 35.1. The van der Waals surface area contributed by atoms with Crippen molar-refractivity contribution < 1.29 is 24.2 Å². The first kappa shape index (κ1) is 16.5. The minimum Gasteiger partial charge on any atom is -0.481 e. The van der Waals surface area contributed by atoms with Gasteiger partial charge in [0, 0.05) is 19.3 Å². The van der Waals surface area contributed by atoms with Crippen LogP contribution < -0.4 is 5.32 Å². The second kappa shape index (κ2) is 7.88. The molecule has 1 rings (SSSR count). The molecule has 1 aromatic rings. The maximum Gasteiger partial charge on any atom is 0.321 e. The van der Waals surface area contributed by atoms with E-state index in [2.05, 4.69) is 10.1 Å². The third kappa shape index (κ3) is 5.52. The van der Waals surface area contributed by atoms with E-state index in [-0.39, 0.29) is 19.4 Å². The molecule has 0 aliphatic heterocycles. The number of anilines is 1. The number of carbonyl (C=O) groups excluding carboxylic acids is 2. The van der Waals surface area contributed by atoms with Crippen molar-refractivity contribution in [2.24, 2.45) is 0 Å². The van der Waals surface area contributed by atoms with Gasteiger partial charge < -0.3 is 20.1 Å². The summed E-state index contributed by atoms with van der Waals surface area (Å²) in [6.07, 6.45) is -0.0838. The molecule has 0 fully saturated rings. The van der Waals surface area contributed by atoms with Gasteiger partial charge in [0.25, 0.3) is 0 Å². The molecule has 0 aliphatic carbocycles. The molecule has 7 heteroatoms. The summed E-state index contributed by atoms with van der Waals surface area (Å²) >= 11 is 0. The Morgan fingerprint density at radius 2 is 1.95 bits per heavy atom. The third-order valence-corrected chi connectivity index (χ3v) is 2.83. The van der Waals surface area contributed by atoms with Crippen LogP contribution in [0.1, 0.15) is 12.0 Å². The predicted octanol–water partition coefficient (Wildman–Crippen LogP) is 1.34. The summed E-state index contributed by atoms with van der Waals surface area (Å²) < 4.78 is 4.50. The molecule has 0 heterocycles. The number of ether oxygens (including phenoxy) is 1. The molecule has 0 atom stereocenters. The largest absolute Gasteiger partial charge is 0.481 e. The minimum atomic E-state index is -0.976. The van der Waals surface area contributed by atoms with Crippen molar-refractivity contribution in [3.8, 4) is 0 Å². The number of carbonyl (C=O) groups is 3. The van der Waals surface area contributed by atoms with Gasteiger partial charge in [-0.3, -0.25) is 9.59 Å². The van der Waals surface area contributed by atoms with Crippen LogP contribution in [-0.2, 0) is 20.7 Å². The molecule has 7 nitrogen and oxygen atoms in total. The number of amides is 2. The van der Waals surface area contributed by atoms with Crippen molar-refractivity contribution >= 4 is 23.7 Å². The maximum absolute atomic E-state index is 12.0. The Kier molecular flexibility index (Phi) is 6.19. The highest BCUT2D eigenvalue weighted by atomic mass is 16.5. The average Bonchev–Trinajstić information content (AvgIpc) is 2.45. The van der Waals surface area contributed by atoms with Crippen LogP contribution in [0.5, 0.6) is 0 Å². The van der Waals surface area contributed by atoms with E-state index in [1.165, 1.54) is 19.1 Å². The molecular formula is C14H18N2O5. The summed E-state index contributed by atoms with van der Waals surface area (Å²) in [6.45, 7) is 0.208. The van der Waals surface area contributed by atoms with Crippen LogP contribution in [0.15, 0.2) is 24.3 Å². The van der Waals surface area contributed by atoms with E-state index in [0.29, 0.717) is 11.3 Å². The highest BCUT2D eigenvalue weighted by Crippen LogP contribution is 2.16. The summed E-state index contributed by atoms with van der Waals surface area (Å²) in [5.41, 5.74) is 0.953. The maximum atomic E-state index is 12.0. The Hall–Kier alpha value is -2.57. The van der Waals surface area contributed by atoms with Crippen LogP contribution in [0.3, 0.4) is 0 Å². The van der Waals surface area contributed by atoms with Crippen molar-refractivity contribution in [1.82, 2.24) is 4.90 Å². The number of hydrogen-bond donors (Lipinski definition) is 2. The van der Waals surface area contributed by atoms with Crippen LogP contribution in [-0.4, -0.2) is 48.7 Å². The number of carboxylic acid groups (broad SMARTS) is 1. The Morgan fingerprint density at radius 3 is 2.57 bits per heavy atom. The zero-order valence-electron chi connectivity index (χ0n) is 12.0. The average molecular weight is 294 g/mol. The normalized spacial score (nSPS) is 9.81. The number of para-hydroxylation sites is 1. The van der Waals surface area contributed by atoms with E-state index in [4.69, 9.17) is 5.11 Å². The molecule has 114 valence electrons. The zero-order valence-corrected chi connectivity index (χ0v) is 12.0. The van der Waals surface area contributed by atoms with Gasteiger partial charge >= 0.3 is 18.0 Å². The number of esters is 1. The zero-order chi connectivity index (χ0) is 15.8. The molecule has 0 saturated heterocycles. The van der Waals surface area contributed by atoms with Crippen molar-refractivity contribution in [3.63, 3.8) is 0 Å². The molecule has 0 saturated carbocycles. The number of nitrogens with one attached hydrogen (secondary N) is 1. The Morgan fingerprint density at radius 1 is 1.29 bits per heavy atom. The molecular weight excluding hydrogens is 276 g/mol. The summed E-state index contributed by atoms with van der Waals surface area (Å²) in [5.74, 6) is -1.38. The fourth-order valence-corrected chi connectivity index (χ4v) is 1.63. The number of methoxy groups -OCH3 is 1. The Balaban J connectivity index is 2.65. The first-order valence-electron chi connectivity index (χ1n) is 6.32. The third-order valence-electron chi connectivity index (χ3n) is 2.83. The number of carboxylic acids is 1. The number of hydrogen-bond acceptors (Lipinski definition) is 4. The standard InChI is InChI=1S/C14H18N2O5/c1-16(8-7-13(19)21-2)14(20)15-11-6-4-3-5-10(11)9-12(17)18/h3-6H,7-9H2,1-2H3,(H,15,20)(H,17,18). The molecule has 2 N–H and O–H groups in total. The highest BCUT2D eigenvalue weighted by Gasteiger charge is 2.13. The first-order chi connectivity index (χ1) is 9.93. The van der Waals surface area contributed by atoms with Crippen molar-refractivity contribution in [2.75, 3.05) is 26.0 Å². The number of nitrogens with zero attached hydrogens (tertiary/aromatic N) is 1. The predicted molar refractivity (Wildman–Crippen MR) is 76.1 cm³/mol. The SMILES string of the molecule is COC(=O)CCN(C)C(=O)Nc1ccccc1CC(=O)O. The van der Waals surface area contributed by atoms with E-state index < -0.39 is 18.0 Å². The van der Waals surface area contributed by atoms with Crippen LogP contribution in [0.2, 0.25) is 0 Å². The van der Waals surface area contributed by atoms with Gasteiger partial charge in [-0.15, -0.1) is 0 Å². The van der Waals surface area contributed by atoms with E-state index in [9.17, 15) is 14.4 Å². The Labute approximate surface area is 122 Å². The fraction of sp³-hybridized carbons (Fsp3) is 0.357. The van der Waals surface area contributed by atoms with E-state index >= 15 is 0 Å². The lowest BCUT2D eigenvalue weighted by molar-refractivity contribution is -0.140. The second-order valence-electron chi connectivity index (χ2n) is 4.41. The molecule has 0 aromatic heterocycles. The van der Waals surface area contributed by atoms with Gasteiger partial charge in [-0.2, -0.15) is 0 Å². The van der Waals surface area contributed by atoms with Gasteiger partial charge in [0.2, 0.25) is 0 Å². The molecule has 21 heavy (non-hydrogen) atoms. The van der Waals surface area contributed by atoms with Crippen molar-refractivity contribution in [2.45, 2.75) is 12.8 Å².